The lowest BCUT2D eigenvalue weighted by atomic mass is 9.83. The van der Waals surface area contributed by atoms with Crippen molar-refractivity contribution in [1.29, 1.82) is 5.26 Å². The number of anilines is 1. The van der Waals surface area contributed by atoms with Gasteiger partial charge in [-0.05, 0) is 83.1 Å². The topological polar surface area (TPSA) is 192 Å². The molecule has 0 bridgehead atoms. The SMILES string of the molecule is CCCCCC(=O)Nc1ncnn2c([C@]3(C#N)O[C@H](COC(=O)CC4CCC4)[C@@H](OC(=O)[C@@H](NC(=O)OC(C)(C)C)C(C)(C)C)[C@H]3O[Si](C)(C)C)ccc12. The van der Waals surface area contributed by atoms with Gasteiger partial charge in [0.05, 0.1) is 5.69 Å². The molecule has 2 aliphatic rings. The summed E-state index contributed by atoms with van der Waals surface area (Å²) in [7, 11) is -2.58. The minimum absolute atomic E-state index is 0.206. The third-order valence-corrected chi connectivity index (χ3v) is 10.2. The summed E-state index contributed by atoms with van der Waals surface area (Å²) >= 11 is 0. The van der Waals surface area contributed by atoms with Gasteiger partial charge >= 0.3 is 18.0 Å². The van der Waals surface area contributed by atoms with Crippen LogP contribution in [-0.4, -0.2) is 83.4 Å². The predicted octanol–water partition coefficient (Wildman–Crippen LogP) is 6.17. The number of hydrogen-bond donors (Lipinski definition) is 2. The largest absolute Gasteiger partial charge is 0.463 e. The van der Waals surface area contributed by atoms with E-state index in [1.807, 2.05) is 19.6 Å². The van der Waals surface area contributed by atoms with Crippen LogP contribution in [-0.2, 0) is 43.4 Å². The Morgan fingerprint density at radius 2 is 1.81 bits per heavy atom. The number of esters is 2. The van der Waals surface area contributed by atoms with Crippen LogP contribution < -0.4 is 10.6 Å². The Labute approximate surface area is 319 Å². The Morgan fingerprint density at radius 1 is 1.11 bits per heavy atom. The normalized spacial score (nSPS) is 22.5. The number of amides is 2. The van der Waals surface area contributed by atoms with Gasteiger partial charge < -0.3 is 34.0 Å². The molecule has 2 fully saturated rings. The second-order valence-electron chi connectivity index (χ2n) is 17.3. The third-order valence-electron chi connectivity index (χ3n) is 9.25. The van der Waals surface area contributed by atoms with Crippen molar-refractivity contribution in [1.82, 2.24) is 19.9 Å². The van der Waals surface area contributed by atoms with Crippen molar-refractivity contribution in [3.05, 3.63) is 24.2 Å². The van der Waals surface area contributed by atoms with E-state index in [9.17, 15) is 24.4 Å². The number of ether oxygens (including phenoxy) is 4. The van der Waals surface area contributed by atoms with Crippen molar-refractivity contribution in [3.63, 3.8) is 0 Å². The fourth-order valence-corrected chi connectivity index (χ4v) is 7.48. The summed E-state index contributed by atoms with van der Waals surface area (Å²) in [6, 6.07) is 4.42. The van der Waals surface area contributed by atoms with E-state index < -0.39 is 67.3 Å². The molecule has 1 aliphatic heterocycles. The second-order valence-corrected chi connectivity index (χ2v) is 21.8. The molecule has 15 nitrogen and oxygen atoms in total. The van der Waals surface area contributed by atoms with Crippen molar-refractivity contribution in [2.45, 2.75) is 155 Å². The van der Waals surface area contributed by atoms with Crippen molar-refractivity contribution < 1.29 is 42.6 Å². The molecule has 0 spiro atoms. The maximum Gasteiger partial charge on any atom is 0.408 e. The van der Waals surface area contributed by atoms with E-state index in [0.717, 1.165) is 38.5 Å². The average molecular weight is 771 g/mol. The number of nitrogens with zero attached hydrogens (tertiary/aromatic N) is 4. The summed E-state index contributed by atoms with van der Waals surface area (Å²) < 4.78 is 32.2. The Kier molecular flexibility index (Phi) is 13.6. The number of hydrogen-bond acceptors (Lipinski definition) is 12. The summed E-state index contributed by atoms with van der Waals surface area (Å²) in [5.74, 6) is -0.956. The maximum absolute atomic E-state index is 14.2. The summed E-state index contributed by atoms with van der Waals surface area (Å²) in [6.45, 7) is 17.9. The van der Waals surface area contributed by atoms with E-state index in [4.69, 9.17) is 23.4 Å². The van der Waals surface area contributed by atoms with Crippen LogP contribution in [0.4, 0.5) is 10.6 Å². The Morgan fingerprint density at radius 3 is 2.39 bits per heavy atom. The van der Waals surface area contributed by atoms with Gasteiger partial charge in [0.2, 0.25) is 11.5 Å². The molecule has 2 aromatic heterocycles. The number of rotatable bonds is 15. The van der Waals surface area contributed by atoms with Gasteiger partial charge in [-0.1, -0.05) is 47.0 Å². The minimum Gasteiger partial charge on any atom is -0.463 e. The number of carbonyl (C=O) groups is 4. The van der Waals surface area contributed by atoms with Crippen molar-refractivity contribution in [3.8, 4) is 6.07 Å². The van der Waals surface area contributed by atoms with E-state index in [0.29, 0.717) is 11.9 Å². The quantitative estimate of drug-likeness (QED) is 0.0907. The predicted molar refractivity (Wildman–Crippen MR) is 202 cm³/mol. The molecular weight excluding hydrogens is 713 g/mol. The molecule has 1 aliphatic carbocycles. The zero-order chi connectivity index (χ0) is 40.1. The fourth-order valence-electron chi connectivity index (χ4n) is 6.41. The molecule has 1 saturated carbocycles. The first-order chi connectivity index (χ1) is 25.2. The molecule has 2 amide bonds. The van der Waals surface area contributed by atoms with Crippen molar-refractivity contribution in [2.75, 3.05) is 11.9 Å². The lowest BCUT2D eigenvalue weighted by molar-refractivity contribution is -0.164. The fraction of sp³-hybridized carbons (Fsp3) is 0.711. The van der Waals surface area contributed by atoms with Gasteiger partial charge in [0.15, 0.2) is 20.2 Å². The molecule has 3 heterocycles. The van der Waals surface area contributed by atoms with Crippen LogP contribution in [0.1, 0.15) is 106 Å². The molecule has 5 atom stereocenters. The van der Waals surface area contributed by atoms with Crippen molar-refractivity contribution in [2.24, 2.45) is 11.3 Å². The molecule has 54 heavy (non-hydrogen) atoms. The Hall–Kier alpha value is -4.07. The van der Waals surface area contributed by atoms with Crippen LogP contribution in [0.2, 0.25) is 19.6 Å². The highest BCUT2D eigenvalue weighted by atomic mass is 28.4. The highest BCUT2D eigenvalue weighted by Gasteiger charge is 2.62. The summed E-state index contributed by atoms with van der Waals surface area (Å²) in [5, 5.41) is 21.1. The molecule has 298 valence electrons. The molecule has 0 radical (unpaired) electrons. The summed E-state index contributed by atoms with van der Waals surface area (Å²) in [4.78, 5) is 57.2. The van der Waals surface area contributed by atoms with Gasteiger partial charge in [-0.2, -0.15) is 10.4 Å². The maximum atomic E-state index is 14.2. The highest BCUT2D eigenvalue weighted by molar-refractivity contribution is 6.69. The number of carbonyl (C=O) groups excluding carboxylic acids is 4. The van der Waals surface area contributed by atoms with Gasteiger partial charge in [0, 0.05) is 12.8 Å². The molecular formula is C38H58N6O9Si. The van der Waals surface area contributed by atoms with E-state index >= 15 is 0 Å². The Balaban J connectivity index is 1.77. The lowest BCUT2D eigenvalue weighted by Gasteiger charge is -2.35. The zero-order valence-electron chi connectivity index (χ0n) is 33.4. The standard InChI is InChI=1S/C38H58N6O9Si/c1-11-12-13-17-28(45)42-33-25-18-19-27(44(25)41-23-40-33)38(22-39)32(53-54(8,9)10)30(26(51-38)21-49-29(46)20-24-15-14-16-24)50-34(47)31(36(2,3)4)43-35(48)52-37(5,6)7/h18-19,23-24,26,30-32H,11-17,20-21H2,1-10H3,(H,43,48)(H,40,41,42,45)/t26-,30-,31-,32-,38+/m1/s1. The van der Waals surface area contributed by atoms with Crippen LogP contribution in [0.5, 0.6) is 0 Å². The smallest absolute Gasteiger partial charge is 0.408 e. The van der Waals surface area contributed by atoms with E-state index in [1.54, 1.807) is 53.7 Å². The second kappa shape index (κ2) is 17.2. The van der Waals surface area contributed by atoms with E-state index in [2.05, 4.69) is 33.7 Å². The van der Waals surface area contributed by atoms with E-state index in [1.165, 1.54) is 10.8 Å². The highest BCUT2D eigenvalue weighted by Crippen LogP contribution is 2.45. The first kappa shape index (κ1) is 42.7. The number of aromatic nitrogens is 3. The molecule has 4 rings (SSSR count). The molecule has 0 aromatic carbocycles. The summed E-state index contributed by atoms with van der Waals surface area (Å²) in [5.41, 5.74) is -2.98. The third kappa shape index (κ3) is 10.8. The number of unbranched alkanes of at least 4 members (excludes halogenated alkanes) is 2. The lowest BCUT2D eigenvalue weighted by Crippen LogP contribution is -2.55. The van der Waals surface area contributed by atoms with Crippen LogP contribution in [0.15, 0.2) is 18.5 Å². The molecule has 2 N–H and O–H groups in total. The average Bonchev–Trinajstić information content (AvgIpc) is 3.59. The monoisotopic (exact) mass is 770 g/mol. The number of alkyl carbamates (subject to hydrolysis) is 1. The van der Waals surface area contributed by atoms with Gasteiger partial charge in [0.25, 0.3) is 0 Å². The van der Waals surface area contributed by atoms with Gasteiger partial charge in [-0.3, -0.25) is 9.59 Å². The van der Waals surface area contributed by atoms with Crippen molar-refractivity contribution >= 4 is 43.6 Å². The van der Waals surface area contributed by atoms with Gasteiger partial charge in [0.1, 0.15) is 48.4 Å². The minimum atomic E-state index is -2.58. The number of nitrogens with one attached hydrogen (secondary N) is 2. The van der Waals surface area contributed by atoms with Crippen LogP contribution in [0.3, 0.4) is 0 Å². The van der Waals surface area contributed by atoms with Crippen LogP contribution in [0, 0.1) is 22.7 Å². The number of fused-ring (bicyclic) bond motifs is 1. The molecule has 0 unspecified atom stereocenters. The van der Waals surface area contributed by atoms with Gasteiger partial charge in [-0.25, -0.2) is 19.1 Å². The first-order valence-corrected chi connectivity index (χ1v) is 22.3. The molecule has 16 heteroatoms. The Bertz CT molecular complexity index is 1700. The molecule has 1 saturated heterocycles. The van der Waals surface area contributed by atoms with E-state index in [-0.39, 0.29) is 36.4 Å². The van der Waals surface area contributed by atoms with Gasteiger partial charge in [-0.15, -0.1) is 0 Å². The number of nitriles is 1. The molecule has 2 aromatic rings. The zero-order valence-corrected chi connectivity index (χ0v) is 34.4. The van der Waals surface area contributed by atoms with Crippen LogP contribution in [0.25, 0.3) is 5.52 Å². The summed E-state index contributed by atoms with van der Waals surface area (Å²) in [6.07, 6.45) is 2.91. The first-order valence-electron chi connectivity index (χ1n) is 18.9. The van der Waals surface area contributed by atoms with Crippen LogP contribution >= 0.6 is 0 Å².